The fourth-order valence-electron chi connectivity index (χ4n) is 5.45. The maximum atomic E-state index is 13.6. The van der Waals surface area contributed by atoms with Crippen LogP contribution in [0.1, 0.15) is 54.4 Å². The summed E-state index contributed by atoms with van der Waals surface area (Å²) < 4.78 is 25.5. The summed E-state index contributed by atoms with van der Waals surface area (Å²) in [5, 5.41) is 0. The predicted octanol–water partition coefficient (Wildman–Crippen LogP) is 3.38. The van der Waals surface area contributed by atoms with Gasteiger partial charge in [-0.3, -0.25) is 4.79 Å². The van der Waals surface area contributed by atoms with Crippen molar-refractivity contribution in [1.82, 2.24) is 4.90 Å². The molecule has 3 aliphatic heterocycles. The molecular weight excluding hydrogens is 387 g/mol. The number of hydrogen-bond acceptors (Lipinski definition) is 5. The van der Waals surface area contributed by atoms with E-state index in [1.165, 1.54) is 23.3 Å². The van der Waals surface area contributed by atoms with Crippen LogP contribution in [0.5, 0.6) is 0 Å². The molecule has 1 saturated heterocycles. The van der Waals surface area contributed by atoms with E-state index in [0.29, 0.717) is 50.4 Å². The predicted molar refractivity (Wildman–Crippen MR) is 105 cm³/mol. The van der Waals surface area contributed by atoms with Gasteiger partial charge in [0, 0.05) is 44.3 Å². The third-order valence-electron chi connectivity index (χ3n) is 7.06. The van der Waals surface area contributed by atoms with Gasteiger partial charge in [-0.25, -0.2) is 9.18 Å². The summed E-state index contributed by atoms with van der Waals surface area (Å²) >= 11 is 0. The van der Waals surface area contributed by atoms with E-state index < -0.39 is 23.0 Å². The number of halogens is 1. The first-order valence-electron chi connectivity index (χ1n) is 10.5. The van der Waals surface area contributed by atoms with Crippen molar-refractivity contribution >= 4 is 17.9 Å². The van der Waals surface area contributed by atoms with Crippen LogP contribution in [-0.4, -0.2) is 41.5 Å². The number of allylic oxidation sites excluding steroid dienone is 2. The first kappa shape index (κ1) is 17.9. The summed E-state index contributed by atoms with van der Waals surface area (Å²) in [6.07, 6.45) is 8.53. The number of amides is 1. The molecule has 7 heteroatoms. The first-order valence-corrected chi connectivity index (χ1v) is 10.5. The van der Waals surface area contributed by atoms with E-state index in [1.54, 1.807) is 6.07 Å². The number of aliphatic imine (C=N–C) groups is 1. The van der Waals surface area contributed by atoms with Crippen LogP contribution in [0.2, 0.25) is 0 Å². The molecule has 1 aromatic rings. The van der Waals surface area contributed by atoms with Gasteiger partial charge in [-0.1, -0.05) is 23.8 Å². The van der Waals surface area contributed by atoms with E-state index in [0.717, 1.165) is 18.4 Å². The highest BCUT2D eigenvalue weighted by molar-refractivity contribution is 6.02. The number of hydrogen-bond donors (Lipinski definition) is 0. The lowest BCUT2D eigenvalue weighted by molar-refractivity contribution is -0.130. The van der Waals surface area contributed by atoms with Crippen LogP contribution in [0, 0.1) is 5.82 Å². The van der Waals surface area contributed by atoms with Crippen molar-refractivity contribution in [2.24, 2.45) is 4.99 Å². The van der Waals surface area contributed by atoms with E-state index in [4.69, 9.17) is 9.47 Å². The highest BCUT2D eigenvalue weighted by atomic mass is 19.1. The second-order valence-corrected chi connectivity index (χ2v) is 8.78. The molecule has 0 bridgehead atoms. The molecule has 1 fully saturated rings. The van der Waals surface area contributed by atoms with Gasteiger partial charge in [-0.05, 0) is 30.5 Å². The van der Waals surface area contributed by atoms with Gasteiger partial charge in [0.05, 0.1) is 5.56 Å². The standard InChI is InChI=1S/C23H21FN2O4/c24-16-5-6-18-17(11-16)19(27)29-22(18)7-9-26(10-8-22)21-25-20(28)23(30-21)12-14-3-1-2-4-15(14)13-23/h1,3,5-6,11H,2,4,7-10,12-13H2. The Morgan fingerprint density at radius 1 is 1.07 bits per heavy atom. The maximum absolute atomic E-state index is 13.6. The minimum Gasteiger partial charge on any atom is -0.450 e. The zero-order valence-electron chi connectivity index (χ0n) is 16.4. The molecule has 0 aromatic heterocycles. The lowest BCUT2D eigenvalue weighted by atomic mass is 9.84. The van der Waals surface area contributed by atoms with Crippen molar-refractivity contribution in [3.63, 3.8) is 0 Å². The van der Waals surface area contributed by atoms with Gasteiger partial charge < -0.3 is 14.4 Å². The Balaban J connectivity index is 1.18. The molecule has 0 saturated carbocycles. The van der Waals surface area contributed by atoms with Gasteiger partial charge >= 0.3 is 5.97 Å². The van der Waals surface area contributed by atoms with Crippen LogP contribution in [-0.2, 0) is 19.9 Å². The van der Waals surface area contributed by atoms with Crippen molar-refractivity contribution < 1.29 is 23.5 Å². The summed E-state index contributed by atoms with van der Waals surface area (Å²) in [5.74, 6) is -1.12. The fraction of sp³-hybridized carbons (Fsp3) is 0.435. The molecule has 6 rings (SSSR count). The Kier molecular flexibility index (Phi) is 3.59. The van der Waals surface area contributed by atoms with E-state index >= 15 is 0 Å². The monoisotopic (exact) mass is 408 g/mol. The van der Waals surface area contributed by atoms with Crippen LogP contribution in [0.25, 0.3) is 0 Å². The summed E-state index contributed by atoms with van der Waals surface area (Å²) in [7, 11) is 0. The van der Waals surface area contributed by atoms with Gasteiger partial charge in [-0.2, -0.15) is 4.99 Å². The van der Waals surface area contributed by atoms with Crippen molar-refractivity contribution in [3.05, 3.63) is 58.4 Å². The Morgan fingerprint density at radius 3 is 2.70 bits per heavy atom. The quantitative estimate of drug-likeness (QED) is 0.616. The Bertz CT molecular complexity index is 1080. The molecule has 1 amide bonds. The van der Waals surface area contributed by atoms with Crippen LogP contribution in [0.15, 0.2) is 46.5 Å². The molecular formula is C23H21FN2O4. The molecule has 0 radical (unpaired) electrons. The Hall–Kier alpha value is -2.96. The van der Waals surface area contributed by atoms with Crippen LogP contribution in [0.3, 0.4) is 0 Å². The molecule has 0 N–H and O–H groups in total. The molecule has 6 nitrogen and oxygen atoms in total. The van der Waals surface area contributed by atoms with Gasteiger partial charge in [-0.15, -0.1) is 0 Å². The summed E-state index contributed by atoms with van der Waals surface area (Å²) in [6, 6.07) is 4.64. The van der Waals surface area contributed by atoms with Gasteiger partial charge in [0.25, 0.3) is 11.9 Å². The largest absolute Gasteiger partial charge is 0.450 e. The maximum Gasteiger partial charge on any atom is 0.339 e. The van der Waals surface area contributed by atoms with E-state index in [-0.39, 0.29) is 5.91 Å². The molecule has 1 aromatic carbocycles. The van der Waals surface area contributed by atoms with Gasteiger partial charge in [0.1, 0.15) is 11.4 Å². The number of carbonyl (C=O) groups excluding carboxylic acids is 2. The number of carbonyl (C=O) groups is 2. The highest BCUT2D eigenvalue weighted by Gasteiger charge is 2.54. The molecule has 1 atom stereocenters. The van der Waals surface area contributed by atoms with E-state index in [9.17, 15) is 14.0 Å². The van der Waals surface area contributed by atoms with Crippen LogP contribution >= 0.6 is 0 Å². The van der Waals surface area contributed by atoms with Crippen molar-refractivity contribution in [3.8, 4) is 0 Å². The number of piperidine rings is 1. The number of fused-ring (bicyclic) bond motifs is 2. The minimum absolute atomic E-state index is 0.200. The molecule has 1 unspecified atom stereocenters. The number of esters is 1. The fourth-order valence-corrected chi connectivity index (χ4v) is 5.45. The van der Waals surface area contributed by atoms with Crippen molar-refractivity contribution in [1.29, 1.82) is 0 Å². The van der Waals surface area contributed by atoms with Crippen LogP contribution in [0.4, 0.5) is 4.39 Å². The second kappa shape index (κ2) is 6.03. The topological polar surface area (TPSA) is 68.2 Å². The molecule has 2 spiro atoms. The third kappa shape index (κ3) is 2.44. The SMILES string of the molecule is O=C1OC2(CCN(C3=NC(=O)C4(CC5=C(CCC=C5)C4)O3)CC2)c2ccc(F)cc21. The lowest BCUT2D eigenvalue weighted by Gasteiger charge is -2.39. The lowest BCUT2D eigenvalue weighted by Crippen LogP contribution is -2.47. The normalized spacial score (nSPS) is 28.7. The van der Waals surface area contributed by atoms with Crippen molar-refractivity contribution in [2.75, 3.05) is 13.1 Å². The van der Waals surface area contributed by atoms with E-state index in [2.05, 4.69) is 17.1 Å². The minimum atomic E-state index is -0.881. The Labute approximate surface area is 173 Å². The highest BCUT2D eigenvalue weighted by Crippen LogP contribution is 2.47. The molecule has 5 aliphatic rings. The average Bonchev–Trinajstić information content (AvgIpc) is 3.35. The Morgan fingerprint density at radius 2 is 1.90 bits per heavy atom. The number of ether oxygens (including phenoxy) is 2. The third-order valence-corrected chi connectivity index (χ3v) is 7.06. The molecule has 154 valence electrons. The van der Waals surface area contributed by atoms with Gasteiger partial charge in [0.15, 0.2) is 0 Å². The summed E-state index contributed by atoms with van der Waals surface area (Å²) in [4.78, 5) is 31.3. The molecule has 30 heavy (non-hydrogen) atoms. The number of benzene rings is 1. The van der Waals surface area contributed by atoms with Crippen molar-refractivity contribution in [2.45, 2.75) is 49.7 Å². The number of amidine groups is 1. The molecule has 3 heterocycles. The smallest absolute Gasteiger partial charge is 0.339 e. The zero-order valence-corrected chi connectivity index (χ0v) is 16.4. The number of nitrogens with zero attached hydrogens (tertiary/aromatic N) is 2. The number of likely N-dealkylation sites (tertiary alicyclic amines) is 1. The van der Waals surface area contributed by atoms with Crippen LogP contribution < -0.4 is 0 Å². The first-order chi connectivity index (χ1) is 14.5. The molecule has 2 aliphatic carbocycles. The zero-order chi connectivity index (χ0) is 20.5. The summed E-state index contributed by atoms with van der Waals surface area (Å²) in [6.45, 7) is 1.08. The number of rotatable bonds is 0. The van der Waals surface area contributed by atoms with Gasteiger partial charge in [0.2, 0.25) is 5.60 Å². The van der Waals surface area contributed by atoms with E-state index in [1.807, 2.05) is 4.90 Å². The second-order valence-electron chi connectivity index (χ2n) is 8.78. The summed E-state index contributed by atoms with van der Waals surface area (Å²) in [5.41, 5.74) is 1.95. The average molecular weight is 408 g/mol.